The molecule has 0 spiro atoms. The summed E-state index contributed by atoms with van der Waals surface area (Å²) in [7, 11) is 4.03. The van der Waals surface area contributed by atoms with Crippen molar-refractivity contribution in [2.24, 2.45) is 0 Å². The maximum Gasteiger partial charge on any atom is 0.185 e. The summed E-state index contributed by atoms with van der Waals surface area (Å²) in [4.78, 5) is 4.98. The first kappa shape index (κ1) is 15.9. The van der Waals surface area contributed by atoms with E-state index in [1.54, 1.807) is 18.2 Å². The van der Waals surface area contributed by atoms with Crippen LogP contribution in [0, 0.1) is 0 Å². The monoisotopic (exact) mass is 300 g/mol. The second kappa shape index (κ2) is 6.25. The van der Waals surface area contributed by atoms with Crippen LogP contribution in [0.5, 0.6) is 0 Å². The van der Waals surface area contributed by atoms with Crippen molar-refractivity contribution >= 4 is 13.7 Å². The van der Waals surface area contributed by atoms with Crippen molar-refractivity contribution < 1.29 is 4.74 Å². The van der Waals surface area contributed by atoms with Gasteiger partial charge in [-0.05, 0) is 60.5 Å². The number of anilines is 1. The van der Waals surface area contributed by atoms with Gasteiger partial charge >= 0.3 is 0 Å². The minimum absolute atomic E-state index is 0.284. The number of hydrogen-bond donors (Lipinski definition) is 0. The van der Waals surface area contributed by atoms with Gasteiger partial charge in [-0.1, -0.05) is 19.9 Å². The predicted molar refractivity (Wildman–Crippen MR) is 95.7 cm³/mol. The molecule has 2 aliphatic heterocycles. The molecule has 120 valence electrons. The molecule has 0 aromatic heterocycles. The van der Waals surface area contributed by atoms with Gasteiger partial charge in [-0.3, -0.25) is 0 Å². The van der Waals surface area contributed by atoms with Crippen LogP contribution in [0.3, 0.4) is 0 Å². The number of methoxy groups -OCH3 is 1. The summed E-state index contributed by atoms with van der Waals surface area (Å²) in [5.41, 5.74) is 6.41. The molecule has 0 unspecified atom stereocenters. The quantitative estimate of drug-likeness (QED) is 0.791. The zero-order valence-corrected chi connectivity index (χ0v) is 14.6. The first-order valence-electron chi connectivity index (χ1n) is 8.60. The zero-order chi connectivity index (χ0) is 15.7. The van der Waals surface area contributed by atoms with E-state index in [4.69, 9.17) is 4.74 Å². The summed E-state index contributed by atoms with van der Waals surface area (Å²) in [6.07, 6.45) is 3.59. The number of ether oxygens (including phenoxy) is 1. The highest BCUT2D eigenvalue weighted by Crippen LogP contribution is 2.41. The number of benzene rings is 1. The Bertz CT molecular complexity index is 544. The lowest BCUT2D eigenvalue weighted by atomic mass is 9.76. The van der Waals surface area contributed by atoms with Gasteiger partial charge in [0.25, 0.3) is 0 Å². The van der Waals surface area contributed by atoms with Crippen LogP contribution in [-0.4, -0.2) is 52.7 Å². The number of nitrogens with zero attached hydrogens (tertiary/aromatic N) is 2. The van der Waals surface area contributed by atoms with Gasteiger partial charge < -0.3 is 14.4 Å². The molecule has 0 saturated carbocycles. The van der Waals surface area contributed by atoms with E-state index in [-0.39, 0.29) is 5.41 Å². The molecule has 0 N–H and O–H groups in total. The lowest BCUT2D eigenvalue weighted by Gasteiger charge is -2.41. The molecule has 2 heterocycles. The summed E-state index contributed by atoms with van der Waals surface area (Å²) in [5.74, 6) is 0. The molecule has 0 radical (unpaired) electrons. The third-order valence-corrected chi connectivity index (χ3v) is 5.49. The largest absolute Gasteiger partial charge is 0.383 e. The second-order valence-electron chi connectivity index (χ2n) is 7.56. The normalized spacial score (nSPS) is 21.1. The molecule has 0 bridgehead atoms. The Labute approximate surface area is 136 Å². The molecule has 0 atom stereocenters. The Hall–Kier alpha value is -0.995. The SMILES string of the molecule is BN1CCc2cc3c(cc2CC1)C(C)(C)CCN3CCOC. The minimum Gasteiger partial charge on any atom is -0.383 e. The van der Waals surface area contributed by atoms with Crippen LogP contribution in [0.15, 0.2) is 12.1 Å². The van der Waals surface area contributed by atoms with E-state index in [2.05, 4.69) is 43.7 Å². The van der Waals surface area contributed by atoms with E-state index in [1.165, 1.54) is 43.6 Å². The number of hydrogen-bond acceptors (Lipinski definition) is 3. The summed E-state index contributed by atoms with van der Waals surface area (Å²) >= 11 is 0. The van der Waals surface area contributed by atoms with Gasteiger partial charge in [-0.25, -0.2) is 0 Å². The Kier molecular flexibility index (Phi) is 4.51. The zero-order valence-electron chi connectivity index (χ0n) is 14.6. The minimum atomic E-state index is 0.284. The molecule has 0 amide bonds. The van der Waals surface area contributed by atoms with E-state index in [0.717, 1.165) is 19.7 Å². The van der Waals surface area contributed by atoms with Crippen LogP contribution in [0.2, 0.25) is 0 Å². The Morgan fingerprint density at radius 2 is 1.82 bits per heavy atom. The molecule has 4 heteroatoms. The summed E-state index contributed by atoms with van der Waals surface area (Å²) < 4.78 is 5.31. The molecule has 22 heavy (non-hydrogen) atoms. The Balaban J connectivity index is 1.99. The standard InChI is InChI=1S/C18H29BN2O/c1-18(2)6-9-20(10-11-22-3)17-13-15-5-8-21(19)7-4-14(15)12-16(17)18/h12-13H,4-11,19H2,1-3H3. The Morgan fingerprint density at radius 3 is 2.50 bits per heavy atom. The Morgan fingerprint density at radius 1 is 1.14 bits per heavy atom. The molecule has 2 aliphatic rings. The highest BCUT2D eigenvalue weighted by atomic mass is 16.5. The van der Waals surface area contributed by atoms with E-state index in [9.17, 15) is 0 Å². The van der Waals surface area contributed by atoms with Gasteiger partial charge in [0.05, 0.1) is 6.61 Å². The van der Waals surface area contributed by atoms with Crippen molar-refractivity contribution in [2.75, 3.05) is 44.8 Å². The van der Waals surface area contributed by atoms with Crippen LogP contribution in [0.25, 0.3) is 0 Å². The van der Waals surface area contributed by atoms with Crippen LogP contribution in [0.4, 0.5) is 5.69 Å². The number of fused-ring (bicyclic) bond motifs is 2. The number of rotatable bonds is 3. The molecular formula is C18H29BN2O. The molecular weight excluding hydrogens is 271 g/mol. The maximum absolute atomic E-state index is 5.31. The summed E-state index contributed by atoms with van der Waals surface area (Å²) in [5, 5.41) is 0. The van der Waals surface area contributed by atoms with Crippen LogP contribution in [-0.2, 0) is 23.0 Å². The average molecular weight is 300 g/mol. The van der Waals surface area contributed by atoms with E-state index in [0.29, 0.717) is 0 Å². The van der Waals surface area contributed by atoms with Gasteiger partial charge in [0, 0.05) is 25.9 Å². The van der Waals surface area contributed by atoms with Gasteiger partial charge in [0.15, 0.2) is 7.98 Å². The van der Waals surface area contributed by atoms with E-state index < -0.39 is 0 Å². The first-order chi connectivity index (χ1) is 10.5. The maximum atomic E-state index is 5.31. The lowest BCUT2D eigenvalue weighted by Crippen LogP contribution is -2.39. The van der Waals surface area contributed by atoms with Crippen molar-refractivity contribution in [3.63, 3.8) is 0 Å². The molecule has 1 aromatic rings. The smallest absolute Gasteiger partial charge is 0.185 e. The lowest BCUT2D eigenvalue weighted by molar-refractivity contribution is 0.204. The summed E-state index contributed by atoms with van der Waals surface area (Å²) in [6.45, 7) is 10.1. The molecule has 0 saturated heterocycles. The fraction of sp³-hybridized carbons (Fsp3) is 0.667. The molecule has 1 aromatic carbocycles. The fourth-order valence-corrected chi connectivity index (χ4v) is 3.78. The molecule has 3 rings (SSSR count). The topological polar surface area (TPSA) is 15.7 Å². The third-order valence-electron chi connectivity index (χ3n) is 5.49. The summed E-state index contributed by atoms with van der Waals surface area (Å²) in [6, 6.07) is 5.00. The predicted octanol–water partition coefficient (Wildman–Crippen LogP) is 1.77. The van der Waals surface area contributed by atoms with Crippen molar-refractivity contribution in [3.8, 4) is 0 Å². The van der Waals surface area contributed by atoms with Crippen LogP contribution >= 0.6 is 0 Å². The average Bonchev–Trinajstić information content (AvgIpc) is 2.67. The highest BCUT2D eigenvalue weighted by Gasteiger charge is 2.32. The molecule has 3 nitrogen and oxygen atoms in total. The molecule has 0 fully saturated rings. The van der Waals surface area contributed by atoms with Crippen LogP contribution < -0.4 is 4.90 Å². The van der Waals surface area contributed by atoms with Crippen molar-refractivity contribution in [2.45, 2.75) is 38.5 Å². The van der Waals surface area contributed by atoms with Crippen molar-refractivity contribution in [1.82, 2.24) is 4.81 Å². The van der Waals surface area contributed by atoms with Gasteiger partial charge in [-0.2, -0.15) is 0 Å². The van der Waals surface area contributed by atoms with Gasteiger partial charge in [0.2, 0.25) is 0 Å². The molecule has 0 aliphatic carbocycles. The fourth-order valence-electron chi connectivity index (χ4n) is 3.78. The van der Waals surface area contributed by atoms with Crippen LogP contribution in [0.1, 0.15) is 37.0 Å². The van der Waals surface area contributed by atoms with E-state index in [1.807, 2.05) is 0 Å². The van der Waals surface area contributed by atoms with Crippen molar-refractivity contribution in [3.05, 3.63) is 28.8 Å². The highest BCUT2D eigenvalue weighted by molar-refractivity contribution is 6.04. The van der Waals surface area contributed by atoms with Crippen molar-refractivity contribution in [1.29, 1.82) is 0 Å². The van der Waals surface area contributed by atoms with E-state index >= 15 is 0 Å². The third kappa shape index (κ3) is 3.04. The van der Waals surface area contributed by atoms with Gasteiger partial charge in [-0.15, -0.1) is 0 Å². The second-order valence-corrected chi connectivity index (χ2v) is 7.56. The first-order valence-corrected chi connectivity index (χ1v) is 8.60. The van der Waals surface area contributed by atoms with Gasteiger partial charge in [0.1, 0.15) is 0 Å².